The molecule has 2 aromatic rings. The minimum absolute atomic E-state index is 0.0151. The summed E-state index contributed by atoms with van der Waals surface area (Å²) in [7, 11) is 1.97. The Kier molecular flexibility index (Phi) is 4.70. The second-order valence-electron chi connectivity index (χ2n) is 5.22. The molecule has 0 aliphatic rings. The molecule has 0 fully saturated rings. The topological polar surface area (TPSA) is 53.1 Å². The third kappa shape index (κ3) is 3.67. The molecule has 0 amide bonds. The summed E-state index contributed by atoms with van der Waals surface area (Å²) in [5, 5.41) is 7.38. The maximum absolute atomic E-state index is 13.8. The highest BCUT2D eigenvalue weighted by Crippen LogP contribution is 2.23. The molecule has 21 heavy (non-hydrogen) atoms. The van der Waals surface area contributed by atoms with E-state index in [1.165, 1.54) is 6.07 Å². The lowest BCUT2D eigenvalue weighted by Gasteiger charge is -2.25. The molecule has 3 N–H and O–H groups in total. The summed E-state index contributed by atoms with van der Waals surface area (Å²) in [6, 6.07) is 14.4. The van der Waals surface area contributed by atoms with Crippen LogP contribution >= 0.6 is 0 Å². The molecule has 2 rings (SSSR count). The van der Waals surface area contributed by atoms with Crippen molar-refractivity contribution in [1.82, 2.24) is 4.90 Å². The number of benzene rings is 2. The van der Waals surface area contributed by atoms with E-state index in [0.29, 0.717) is 17.7 Å². The molecular formula is C17H20FN3. The van der Waals surface area contributed by atoms with Gasteiger partial charge in [-0.3, -0.25) is 10.3 Å². The molecule has 0 aromatic heterocycles. The zero-order valence-electron chi connectivity index (χ0n) is 12.3. The monoisotopic (exact) mass is 285 g/mol. The van der Waals surface area contributed by atoms with Crippen LogP contribution in [0.5, 0.6) is 0 Å². The maximum atomic E-state index is 13.8. The normalized spacial score (nSPS) is 12.4. The van der Waals surface area contributed by atoms with Crippen molar-refractivity contribution in [3.63, 3.8) is 0 Å². The second-order valence-corrected chi connectivity index (χ2v) is 5.22. The van der Waals surface area contributed by atoms with Gasteiger partial charge in [0.2, 0.25) is 0 Å². The van der Waals surface area contributed by atoms with E-state index in [1.807, 2.05) is 50.4 Å². The number of nitrogen functional groups attached to an aromatic ring is 1. The lowest BCUT2D eigenvalue weighted by Crippen LogP contribution is -2.22. The van der Waals surface area contributed by atoms with Crippen LogP contribution in [0.15, 0.2) is 48.5 Å². The third-order valence-electron chi connectivity index (χ3n) is 3.71. The Morgan fingerprint density at radius 3 is 2.38 bits per heavy atom. The highest BCUT2D eigenvalue weighted by atomic mass is 19.1. The number of rotatable bonds is 5. The average molecular weight is 285 g/mol. The Morgan fingerprint density at radius 2 is 1.81 bits per heavy atom. The van der Waals surface area contributed by atoms with Crippen LogP contribution in [-0.4, -0.2) is 17.8 Å². The summed E-state index contributed by atoms with van der Waals surface area (Å²) in [5.74, 6) is -0.113. The Bertz CT molecular complexity index is 622. The SMILES string of the molecule is CC(c1ccccc1F)N(C)Cc1ccc(C(=N)N)cc1. The predicted molar refractivity (Wildman–Crippen MR) is 83.7 cm³/mol. The highest BCUT2D eigenvalue weighted by molar-refractivity contribution is 5.94. The van der Waals surface area contributed by atoms with Crippen molar-refractivity contribution >= 4 is 5.84 Å². The predicted octanol–water partition coefficient (Wildman–Crippen LogP) is 3.30. The van der Waals surface area contributed by atoms with Crippen LogP contribution in [0.3, 0.4) is 0 Å². The molecule has 0 aliphatic heterocycles. The largest absolute Gasteiger partial charge is 0.384 e. The first-order valence-corrected chi connectivity index (χ1v) is 6.87. The maximum Gasteiger partial charge on any atom is 0.127 e. The van der Waals surface area contributed by atoms with Gasteiger partial charge in [0.1, 0.15) is 11.7 Å². The van der Waals surface area contributed by atoms with Crippen molar-refractivity contribution in [1.29, 1.82) is 5.41 Å². The molecule has 0 spiro atoms. The average Bonchev–Trinajstić information content (AvgIpc) is 2.47. The lowest BCUT2D eigenvalue weighted by molar-refractivity contribution is 0.248. The van der Waals surface area contributed by atoms with Gasteiger partial charge in [-0.25, -0.2) is 4.39 Å². The number of amidine groups is 1. The smallest absolute Gasteiger partial charge is 0.127 e. The Labute approximate surface area is 124 Å². The van der Waals surface area contributed by atoms with E-state index >= 15 is 0 Å². The van der Waals surface area contributed by atoms with Gasteiger partial charge in [-0.1, -0.05) is 42.5 Å². The summed E-state index contributed by atoms with van der Waals surface area (Å²) in [5.41, 5.74) is 7.95. The van der Waals surface area contributed by atoms with E-state index in [4.69, 9.17) is 11.1 Å². The highest BCUT2D eigenvalue weighted by Gasteiger charge is 2.15. The van der Waals surface area contributed by atoms with Gasteiger partial charge >= 0.3 is 0 Å². The number of hydrogen-bond acceptors (Lipinski definition) is 2. The van der Waals surface area contributed by atoms with Crippen molar-refractivity contribution < 1.29 is 4.39 Å². The fourth-order valence-electron chi connectivity index (χ4n) is 2.27. The van der Waals surface area contributed by atoms with E-state index < -0.39 is 0 Å². The molecule has 0 radical (unpaired) electrons. The van der Waals surface area contributed by atoms with E-state index in [0.717, 1.165) is 5.56 Å². The van der Waals surface area contributed by atoms with Crippen LogP contribution in [0.1, 0.15) is 29.7 Å². The quantitative estimate of drug-likeness (QED) is 0.654. The molecule has 0 saturated carbocycles. The first-order chi connectivity index (χ1) is 9.99. The van der Waals surface area contributed by atoms with Crippen LogP contribution in [0.2, 0.25) is 0 Å². The lowest BCUT2D eigenvalue weighted by atomic mass is 10.1. The fourth-order valence-corrected chi connectivity index (χ4v) is 2.27. The van der Waals surface area contributed by atoms with E-state index in [1.54, 1.807) is 6.07 Å². The summed E-state index contributed by atoms with van der Waals surface area (Å²) in [4.78, 5) is 2.08. The number of hydrogen-bond donors (Lipinski definition) is 2. The van der Waals surface area contributed by atoms with Gasteiger partial charge in [0.05, 0.1) is 0 Å². The molecule has 0 saturated heterocycles. The first kappa shape index (κ1) is 15.2. The van der Waals surface area contributed by atoms with Crippen molar-refractivity contribution in [3.8, 4) is 0 Å². The zero-order chi connectivity index (χ0) is 15.4. The van der Waals surface area contributed by atoms with Crippen LogP contribution in [-0.2, 0) is 6.54 Å². The minimum atomic E-state index is -0.177. The zero-order valence-corrected chi connectivity index (χ0v) is 12.3. The Balaban J connectivity index is 2.08. The van der Waals surface area contributed by atoms with E-state index in [9.17, 15) is 4.39 Å². The molecule has 1 atom stereocenters. The minimum Gasteiger partial charge on any atom is -0.384 e. The second kappa shape index (κ2) is 6.50. The van der Waals surface area contributed by atoms with Gasteiger partial charge in [-0.15, -0.1) is 0 Å². The molecule has 110 valence electrons. The van der Waals surface area contributed by atoms with Gasteiger partial charge in [-0.2, -0.15) is 0 Å². The summed E-state index contributed by atoms with van der Waals surface area (Å²) in [6.45, 7) is 2.69. The molecule has 0 bridgehead atoms. The van der Waals surface area contributed by atoms with Gasteiger partial charge in [0.15, 0.2) is 0 Å². The van der Waals surface area contributed by atoms with Gasteiger partial charge in [-0.05, 0) is 25.6 Å². The van der Waals surface area contributed by atoms with Crippen LogP contribution in [0.4, 0.5) is 4.39 Å². The molecule has 1 unspecified atom stereocenters. The van der Waals surface area contributed by atoms with Crippen LogP contribution in [0, 0.1) is 11.2 Å². The number of nitrogens with one attached hydrogen (secondary N) is 1. The van der Waals surface area contributed by atoms with Crippen molar-refractivity contribution in [2.24, 2.45) is 5.73 Å². The molecule has 0 aliphatic carbocycles. The van der Waals surface area contributed by atoms with Crippen LogP contribution in [0.25, 0.3) is 0 Å². The number of nitrogens with two attached hydrogens (primary N) is 1. The van der Waals surface area contributed by atoms with Crippen LogP contribution < -0.4 is 5.73 Å². The van der Waals surface area contributed by atoms with Gasteiger partial charge < -0.3 is 5.73 Å². The number of nitrogens with zero attached hydrogens (tertiary/aromatic N) is 1. The summed E-state index contributed by atoms with van der Waals surface area (Å²) in [6.07, 6.45) is 0. The molecule has 2 aromatic carbocycles. The first-order valence-electron chi connectivity index (χ1n) is 6.87. The Morgan fingerprint density at radius 1 is 1.19 bits per heavy atom. The molecule has 3 nitrogen and oxygen atoms in total. The Hall–Kier alpha value is -2.20. The van der Waals surface area contributed by atoms with Crippen molar-refractivity contribution in [2.45, 2.75) is 19.5 Å². The summed E-state index contributed by atoms with van der Waals surface area (Å²) < 4.78 is 13.8. The summed E-state index contributed by atoms with van der Waals surface area (Å²) >= 11 is 0. The van der Waals surface area contributed by atoms with Gasteiger partial charge in [0, 0.05) is 23.7 Å². The van der Waals surface area contributed by atoms with Crippen molar-refractivity contribution in [3.05, 3.63) is 71.0 Å². The van der Waals surface area contributed by atoms with E-state index in [-0.39, 0.29) is 17.7 Å². The fraction of sp³-hybridized carbons (Fsp3) is 0.235. The van der Waals surface area contributed by atoms with Crippen molar-refractivity contribution in [2.75, 3.05) is 7.05 Å². The van der Waals surface area contributed by atoms with E-state index in [2.05, 4.69) is 4.90 Å². The van der Waals surface area contributed by atoms with Gasteiger partial charge in [0.25, 0.3) is 0 Å². The number of halogens is 1. The molecular weight excluding hydrogens is 265 g/mol. The molecule has 0 heterocycles. The standard InChI is InChI=1S/C17H20FN3/c1-12(15-5-3-4-6-16(15)18)21(2)11-13-7-9-14(10-8-13)17(19)20/h3-10,12H,11H2,1-2H3,(H3,19,20). The third-order valence-corrected chi connectivity index (χ3v) is 3.71. The molecule has 4 heteroatoms.